The minimum absolute atomic E-state index is 0.00646. The average molecular weight is 356 g/mol. The molecule has 1 aliphatic heterocycles. The number of carbonyl (C=O) groups is 1. The van der Waals surface area contributed by atoms with Crippen LogP contribution in [0.2, 0.25) is 0 Å². The SMILES string of the molecule is CNCC1CCN(C(=O)c2nn(-c3ccc(C)cc3F)c3c2CCC3)C1. The number of nitrogens with zero attached hydrogens (tertiary/aromatic N) is 3. The number of aryl methyl sites for hydroxylation is 1. The molecule has 1 aliphatic carbocycles. The first-order valence-electron chi connectivity index (χ1n) is 9.39. The number of halogens is 1. The largest absolute Gasteiger partial charge is 0.337 e. The Morgan fingerprint density at radius 1 is 1.38 bits per heavy atom. The molecule has 1 aromatic heterocycles. The van der Waals surface area contributed by atoms with Crippen LogP contribution in [-0.4, -0.2) is 47.3 Å². The van der Waals surface area contributed by atoms with Crippen molar-refractivity contribution in [3.05, 3.63) is 46.5 Å². The number of carbonyl (C=O) groups excluding carboxylic acids is 1. The fourth-order valence-electron chi connectivity index (χ4n) is 4.21. The molecule has 1 N–H and O–H groups in total. The predicted octanol–water partition coefficient (Wildman–Crippen LogP) is 2.49. The average Bonchev–Trinajstić information content (AvgIpc) is 3.31. The lowest BCUT2D eigenvalue weighted by atomic mass is 10.1. The number of hydrogen-bond acceptors (Lipinski definition) is 3. The van der Waals surface area contributed by atoms with Gasteiger partial charge < -0.3 is 10.2 Å². The van der Waals surface area contributed by atoms with Gasteiger partial charge in [-0.25, -0.2) is 9.07 Å². The molecule has 1 aromatic carbocycles. The summed E-state index contributed by atoms with van der Waals surface area (Å²) in [6.45, 7) is 4.32. The maximum atomic E-state index is 14.5. The van der Waals surface area contributed by atoms with Crippen LogP contribution in [0.1, 0.15) is 40.2 Å². The summed E-state index contributed by atoms with van der Waals surface area (Å²) in [5.74, 6) is 0.193. The van der Waals surface area contributed by atoms with Crippen molar-refractivity contribution >= 4 is 5.91 Å². The first-order chi connectivity index (χ1) is 12.6. The maximum absolute atomic E-state index is 14.5. The van der Waals surface area contributed by atoms with Crippen LogP contribution in [-0.2, 0) is 12.8 Å². The first kappa shape index (κ1) is 17.2. The van der Waals surface area contributed by atoms with Gasteiger partial charge >= 0.3 is 0 Å². The topological polar surface area (TPSA) is 50.2 Å². The van der Waals surface area contributed by atoms with Gasteiger partial charge in [0.1, 0.15) is 11.5 Å². The highest BCUT2D eigenvalue weighted by molar-refractivity contribution is 5.94. The number of aromatic nitrogens is 2. The van der Waals surface area contributed by atoms with Gasteiger partial charge in [-0.15, -0.1) is 0 Å². The number of rotatable bonds is 4. The molecule has 0 spiro atoms. The van der Waals surface area contributed by atoms with Crippen molar-refractivity contribution in [3.63, 3.8) is 0 Å². The number of fused-ring (bicyclic) bond motifs is 1. The lowest BCUT2D eigenvalue weighted by molar-refractivity contribution is 0.0780. The number of nitrogens with one attached hydrogen (secondary N) is 1. The molecule has 1 saturated heterocycles. The van der Waals surface area contributed by atoms with E-state index in [1.54, 1.807) is 10.7 Å². The van der Waals surface area contributed by atoms with Gasteiger partial charge in [0.05, 0.1) is 0 Å². The van der Waals surface area contributed by atoms with Crippen molar-refractivity contribution in [2.45, 2.75) is 32.6 Å². The van der Waals surface area contributed by atoms with Gasteiger partial charge in [0.25, 0.3) is 5.91 Å². The number of amides is 1. The zero-order chi connectivity index (χ0) is 18.3. The number of benzene rings is 1. The van der Waals surface area contributed by atoms with E-state index in [0.29, 0.717) is 17.3 Å². The van der Waals surface area contributed by atoms with Crippen molar-refractivity contribution in [1.29, 1.82) is 0 Å². The Hall–Kier alpha value is -2.21. The molecule has 1 fully saturated rings. The van der Waals surface area contributed by atoms with Gasteiger partial charge in [-0.3, -0.25) is 4.79 Å². The summed E-state index contributed by atoms with van der Waals surface area (Å²) in [7, 11) is 1.94. The van der Waals surface area contributed by atoms with Crippen LogP contribution in [0, 0.1) is 18.7 Å². The second-order valence-electron chi connectivity index (χ2n) is 7.46. The molecule has 2 heterocycles. The molecule has 0 radical (unpaired) electrons. The van der Waals surface area contributed by atoms with Crippen molar-refractivity contribution in [2.24, 2.45) is 5.92 Å². The minimum atomic E-state index is -0.295. The van der Waals surface area contributed by atoms with Gasteiger partial charge in [-0.05, 0) is 69.8 Å². The minimum Gasteiger partial charge on any atom is -0.337 e. The maximum Gasteiger partial charge on any atom is 0.274 e. The molecule has 0 bridgehead atoms. The van der Waals surface area contributed by atoms with E-state index in [4.69, 9.17) is 0 Å². The molecule has 2 aliphatic rings. The molecule has 1 atom stereocenters. The highest BCUT2D eigenvalue weighted by Gasteiger charge is 2.33. The Kier molecular flexibility index (Phi) is 4.53. The molecular weight excluding hydrogens is 331 g/mol. The lowest BCUT2D eigenvalue weighted by Crippen LogP contribution is -2.31. The van der Waals surface area contributed by atoms with E-state index >= 15 is 0 Å². The Morgan fingerprint density at radius 2 is 2.23 bits per heavy atom. The van der Waals surface area contributed by atoms with Gasteiger partial charge in [-0.2, -0.15) is 5.10 Å². The quantitative estimate of drug-likeness (QED) is 0.916. The van der Waals surface area contributed by atoms with Gasteiger partial charge in [0.15, 0.2) is 5.69 Å². The van der Waals surface area contributed by atoms with Gasteiger partial charge in [-0.1, -0.05) is 6.07 Å². The predicted molar refractivity (Wildman–Crippen MR) is 98.2 cm³/mol. The molecule has 4 rings (SSSR count). The van der Waals surface area contributed by atoms with E-state index in [1.165, 1.54) is 6.07 Å². The summed E-state index contributed by atoms with van der Waals surface area (Å²) >= 11 is 0. The van der Waals surface area contributed by atoms with Crippen LogP contribution in [0.5, 0.6) is 0 Å². The third kappa shape index (κ3) is 2.92. The van der Waals surface area contributed by atoms with Crippen molar-refractivity contribution in [1.82, 2.24) is 20.0 Å². The van der Waals surface area contributed by atoms with Gasteiger partial charge in [0.2, 0.25) is 0 Å². The molecule has 26 heavy (non-hydrogen) atoms. The fourth-order valence-corrected chi connectivity index (χ4v) is 4.21. The van der Waals surface area contributed by atoms with Crippen LogP contribution in [0.3, 0.4) is 0 Å². The standard InChI is InChI=1S/C20H25FN4O/c1-13-6-7-18(16(21)10-13)25-17-5-3-4-15(17)19(23-25)20(26)24-9-8-14(12-24)11-22-2/h6-7,10,14,22H,3-5,8-9,11-12H2,1-2H3. The number of likely N-dealkylation sites (tertiary alicyclic amines) is 1. The highest BCUT2D eigenvalue weighted by atomic mass is 19.1. The monoisotopic (exact) mass is 356 g/mol. The lowest BCUT2D eigenvalue weighted by Gasteiger charge is -2.16. The zero-order valence-electron chi connectivity index (χ0n) is 15.4. The molecular formula is C20H25FN4O. The fraction of sp³-hybridized carbons (Fsp3) is 0.500. The molecule has 5 nitrogen and oxygen atoms in total. The molecule has 1 unspecified atom stereocenters. The third-order valence-electron chi connectivity index (χ3n) is 5.53. The third-order valence-corrected chi connectivity index (χ3v) is 5.53. The molecule has 2 aromatic rings. The molecule has 0 saturated carbocycles. The smallest absolute Gasteiger partial charge is 0.274 e. The Bertz CT molecular complexity index is 845. The van der Waals surface area contributed by atoms with E-state index in [-0.39, 0.29) is 11.7 Å². The van der Waals surface area contributed by atoms with Crippen molar-refractivity contribution < 1.29 is 9.18 Å². The first-order valence-corrected chi connectivity index (χ1v) is 9.39. The summed E-state index contributed by atoms with van der Waals surface area (Å²) < 4.78 is 16.1. The zero-order valence-corrected chi connectivity index (χ0v) is 15.4. The van der Waals surface area contributed by atoms with E-state index in [0.717, 1.165) is 62.1 Å². The second-order valence-corrected chi connectivity index (χ2v) is 7.46. The summed E-state index contributed by atoms with van der Waals surface area (Å²) in [4.78, 5) is 15.0. The van der Waals surface area contributed by atoms with E-state index in [2.05, 4.69) is 10.4 Å². The summed E-state index contributed by atoms with van der Waals surface area (Å²) in [5, 5.41) is 7.77. The van der Waals surface area contributed by atoms with Crippen molar-refractivity contribution in [2.75, 3.05) is 26.7 Å². The Balaban J connectivity index is 1.67. The second kappa shape index (κ2) is 6.83. The Labute approximate surface area is 153 Å². The number of hydrogen-bond donors (Lipinski definition) is 1. The highest BCUT2D eigenvalue weighted by Crippen LogP contribution is 2.30. The van der Waals surface area contributed by atoms with E-state index in [9.17, 15) is 9.18 Å². The van der Waals surface area contributed by atoms with Crippen LogP contribution < -0.4 is 5.32 Å². The van der Waals surface area contributed by atoms with E-state index < -0.39 is 0 Å². The van der Waals surface area contributed by atoms with Crippen LogP contribution in [0.15, 0.2) is 18.2 Å². The van der Waals surface area contributed by atoms with E-state index in [1.807, 2.05) is 24.9 Å². The van der Waals surface area contributed by atoms with Crippen LogP contribution >= 0.6 is 0 Å². The normalized spacial score (nSPS) is 19.2. The summed E-state index contributed by atoms with van der Waals surface area (Å²) in [6.07, 6.45) is 3.69. The summed E-state index contributed by atoms with van der Waals surface area (Å²) in [5.41, 5.74) is 3.82. The molecule has 138 valence electrons. The van der Waals surface area contributed by atoms with Crippen molar-refractivity contribution in [3.8, 4) is 5.69 Å². The van der Waals surface area contributed by atoms with Crippen LogP contribution in [0.4, 0.5) is 4.39 Å². The Morgan fingerprint density at radius 3 is 3.00 bits per heavy atom. The summed E-state index contributed by atoms with van der Waals surface area (Å²) in [6, 6.07) is 5.15. The molecule has 6 heteroatoms. The molecule has 1 amide bonds. The van der Waals surface area contributed by atoms with Gasteiger partial charge in [0, 0.05) is 24.3 Å². The van der Waals surface area contributed by atoms with Crippen LogP contribution in [0.25, 0.3) is 5.69 Å².